The van der Waals surface area contributed by atoms with Crippen LogP contribution >= 0.6 is 0 Å². The summed E-state index contributed by atoms with van der Waals surface area (Å²) in [6.07, 6.45) is 6.19. The Balaban J connectivity index is 1.34. The molecule has 2 amide bonds. The van der Waals surface area contributed by atoms with Crippen molar-refractivity contribution in [2.24, 2.45) is 5.92 Å². The van der Waals surface area contributed by atoms with Crippen molar-refractivity contribution in [2.75, 3.05) is 13.7 Å². The summed E-state index contributed by atoms with van der Waals surface area (Å²) >= 11 is 0. The van der Waals surface area contributed by atoms with Crippen molar-refractivity contribution < 1.29 is 24.2 Å². The minimum atomic E-state index is -0.997. The molecular formula is C27H34N4O5. The number of H-pyrrole nitrogens is 1. The van der Waals surface area contributed by atoms with E-state index in [1.807, 2.05) is 37.4 Å². The second kappa shape index (κ2) is 10.2. The van der Waals surface area contributed by atoms with Crippen LogP contribution in [0.2, 0.25) is 0 Å². The topological polar surface area (TPSA) is 125 Å². The summed E-state index contributed by atoms with van der Waals surface area (Å²) in [4.78, 5) is 27.6. The van der Waals surface area contributed by atoms with Gasteiger partial charge in [-0.15, -0.1) is 0 Å². The number of hydrogen-bond donors (Lipinski definition) is 5. The molecular weight excluding hydrogens is 460 g/mol. The summed E-state index contributed by atoms with van der Waals surface area (Å²) in [7, 11) is 1.65. The van der Waals surface area contributed by atoms with Crippen molar-refractivity contribution in [2.45, 2.75) is 63.6 Å². The minimum absolute atomic E-state index is 0.0183. The lowest BCUT2D eigenvalue weighted by atomic mass is 9.89. The van der Waals surface area contributed by atoms with E-state index >= 15 is 0 Å². The molecule has 2 heterocycles. The molecule has 1 atom stereocenters. The first-order chi connectivity index (χ1) is 17.4. The van der Waals surface area contributed by atoms with Gasteiger partial charge >= 0.3 is 6.09 Å². The van der Waals surface area contributed by atoms with Gasteiger partial charge in [0.05, 0.1) is 31.0 Å². The van der Waals surface area contributed by atoms with Gasteiger partial charge in [0.25, 0.3) is 5.91 Å². The predicted octanol–water partition coefficient (Wildman–Crippen LogP) is 3.93. The number of methoxy groups -OCH3 is 1. The van der Waals surface area contributed by atoms with Crippen molar-refractivity contribution in [3.63, 3.8) is 0 Å². The summed E-state index contributed by atoms with van der Waals surface area (Å²) in [5, 5.41) is 18.2. The number of benzene rings is 1. The Labute approximate surface area is 210 Å². The second-order valence-corrected chi connectivity index (χ2v) is 10.0. The lowest BCUT2D eigenvalue weighted by Crippen LogP contribution is -2.44. The monoisotopic (exact) mass is 494 g/mol. The number of ether oxygens (including phenoxy) is 2. The maximum absolute atomic E-state index is 13.4. The summed E-state index contributed by atoms with van der Waals surface area (Å²) < 4.78 is 11.7. The number of aromatic nitrogens is 1. The van der Waals surface area contributed by atoms with Gasteiger partial charge in [0.15, 0.2) is 0 Å². The van der Waals surface area contributed by atoms with Crippen molar-refractivity contribution in [1.29, 1.82) is 0 Å². The van der Waals surface area contributed by atoms with E-state index in [0.717, 1.165) is 46.9 Å². The zero-order valence-electron chi connectivity index (χ0n) is 20.7. The van der Waals surface area contributed by atoms with Gasteiger partial charge < -0.3 is 35.5 Å². The molecule has 1 aliphatic heterocycles. The van der Waals surface area contributed by atoms with Gasteiger partial charge in [-0.3, -0.25) is 4.79 Å². The highest BCUT2D eigenvalue weighted by molar-refractivity contribution is 6.20. The summed E-state index contributed by atoms with van der Waals surface area (Å²) in [6.45, 7) is 2.62. The van der Waals surface area contributed by atoms with Crippen molar-refractivity contribution in [3.05, 3.63) is 53.0 Å². The molecule has 0 radical (unpaired) electrons. The molecule has 3 aliphatic rings. The average molecular weight is 495 g/mol. The maximum Gasteiger partial charge on any atom is 0.404 e. The number of amides is 2. The fourth-order valence-electron chi connectivity index (χ4n) is 5.23. The van der Waals surface area contributed by atoms with Crippen LogP contribution in [-0.2, 0) is 4.79 Å². The van der Waals surface area contributed by atoms with Crippen molar-refractivity contribution in [3.8, 4) is 11.5 Å². The SMILES string of the molecule is COc1ccc(C2NC(C)=C(C(=O)NC3CCC(NC(=O)O)CC3)c3[nH]ccc32)c(OCC2CC2)c1. The molecule has 36 heavy (non-hydrogen) atoms. The fourth-order valence-corrected chi connectivity index (χ4v) is 5.23. The molecule has 2 aromatic rings. The standard InChI is InChI=1S/C27H34N4O5/c1-15-23(26(32)30-17-5-7-18(8-6-17)31-27(33)34)25-21(11-12-28-25)24(29-15)20-10-9-19(35-2)13-22(20)36-14-16-3-4-16/h9-13,16-18,24,28-29,31H,3-8,14H2,1-2H3,(H,30,32)(H,33,34). The zero-order valence-corrected chi connectivity index (χ0v) is 20.7. The normalized spacial score (nSPS) is 23.3. The number of fused-ring (bicyclic) bond motifs is 1. The largest absolute Gasteiger partial charge is 0.497 e. The number of nitrogens with one attached hydrogen (secondary N) is 4. The zero-order chi connectivity index (χ0) is 25.2. The van der Waals surface area contributed by atoms with E-state index in [0.29, 0.717) is 30.9 Å². The number of carbonyl (C=O) groups excluding carboxylic acids is 1. The van der Waals surface area contributed by atoms with Crippen LogP contribution in [0.1, 0.15) is 68.3 Å². The van der Waals surface area contributed by atoms with E-state index in [-0.39, 0.29) is 24.0 Å². The number of allylic oxidation sites excluding steroid dienone is 1. The molecule has 192 valence electrons. The predicted molar refractivity (Wildman–Crippen MR) is 135 cm³/mol. The molecule has 9 nitrogen and oxygen atoms in total. The van der Waals surface area contributed by atoms with Crippen LogP contribution in [0.4, 0.5) is 4.79 Å². The Kier molecular flexibility index (Phi) is 6.80. The molecule has 0 saturated heterocycles. The van der Waals surface area contributed by atoms with Gasteiger partial charge in [-0.1, -0.05) is 0 Å². The highest BCUT2D eigenvalue weighted by atomic mass is 16.5. The van der Waals surface area contributed by atoms with Crippen LogP contribution in [0.5, 0.6) is 11.5 Å². The van der Waals surface area contributed by atoms with Gasteiger partial charge in [0.1, 0.15) is 11.5 Å². The Hall–Kier alpha value is -3.62. The lowest BCUT2D eigenvalue weighted by Gasteiger charge is -2.32. The molecule has 0 bridgehead atoms. The number of carbonyl (C=O) groups is 2. The Morgan fingerprint density at radius 1 is 1.03 bits per heavy atom. The second-order valence-electron chi connectivity index (χ2n) is 10.0. The third kappa shape index (κ3) is 5.15. The first-order valence-corrected chi connectivity index (χ1v) is 12.7. The summed E-state index contributed by atoms with van der Waals surface area (Å²) in [5.74, 6) is 2.03. The van der Waals surface area contributed by atoms with Crippen LogP contribution in [0.3, 0.4) is 0 Å². The number of rotatable bonds is 8. The highest BCUT2D eigenvalue weighted by Crippen LogP contribution is 2.41. The quantitative estimate of drug-likeness (QED) is 0.379. The molecule has 2 fully saturated rings. The highest BCUT2D eigenvalue weighted by Gasteiger charge is 2.33. The molecule has 9 heteroatoms. The minimum Gasteiger partial charge on any atom is -0.497 e. The van der Waals surface area contributed by atoms with E-state index in [4.69, 9.17) is 14.6 Å². The van der Waals surface area contributed by atoms with Gasteiger partial charge in [0.2, 0.25) is 0 Å². The van der Waals surface area contributed by atoms with E-state index in [2.05, 4.69) is 20.9 Å². The number of carboxylic acid groups (broad SMARTS) is 1. The Morgan fingerprint density at radius 3 is 2.42 bits per heavy atom. The van der Waals surface area contributed by atoms with E-state index in [1.165, 1.54) is 12.8 Å². The third-order valence-electron chi connectivity index (χ3n) is 7.40. The van der Waals surface area contributed by atoms with E-state index in [9.17, 15) is 9.59 Å². The molecule has 2 aliphatic carbocycles. The molecule has 5 N–H and O–H groups in total. The van der Waals surface area contributed by atoms with Gasteiger partial charge in [-0.05, 0) is 69.6 Å². The summed E-state index contributed by atoms with van der Waals surface area (Å²) in [5.41, 5.74) is 4.18. The molecule has 0 spiro atoms. The van der Waals surface area contributed by atoms with Crippen LogP contribution < -0.4 is 25.4 Å². The molecule has 2 saturated carbocycles. The van der Waals surface area contributed by atoms with E-state index < -0.39 is 6.09 Å². The maximum atomic E-state index is 13.4. The molecule has 5 rings (SSSR count). The molecule has 1 unspecified atom stereocenters. The lowest BCUT2D eigenvalue weighted by molar-refractivity contribution is -0.116. The number of hydrogen-bond acceptors (Lipinski definition) is 5. The fraction of sp³-hybridized carbons (Fsp3) is 0.481. The first kappa shape index (κ1) is 24.1. The Morgan fingerprint density at radius 2 is 1.75 bits per heavy atom. The molecule has 1 aromatic heterocycles. The van der Waals surface area contributed by atoms with Crippen molar-refractivity contribution >= 4 is 17.6 Å². The summed E-state index contributed by atoms with van der Waals surface area (Å²) in [6, 6.07) is 7.70. The Bertz CT molecular complexity index is 1160. The average Bonchev–Trinajstić information content (AvgIpc) is 3.57. The van der Waals surface area contributed by atoms with E-state index in [1.54, 1.807) is 7.11 Å². The van der Waals surface area contributed by atoms with Crippen LogP contribution in [0.25, 0.3) is 5.57 Å². The van der Waals surface area contributed by atoms with Crippen molar-refractivity contribution in [1.82, 2.24) is 20.9 Å². The van der Waals surface area contributed by atoms with Gasteiger partial charge in [0, 0.05) is 41.2 Å². The smallest absolute Gasteiger partial charge is 0.404 e. The van der Waals surface area contributed by atoms with Crippen LogP contribution in [0, 0.1) is 5.92 Å². The molecule has 1 aromatic carbocycles. The first-order valence-electron chi connectivity index (χ1n) is 12.7. The van der Waals surface area contributed by atoms with Crippen LogP contribution in [-0.4, -0.2) is 47.9 Å². The van der Waals surface area contributed by atoms with Gasteiger partial charge in [-0.25, -0.2) is 4.79 Å². The van der Waals surface area contributed by atoms with Crippen LogP contribution in [0.15, 0.2) is 36.2 Å². The van der Waals surface area contributed by atoms with Gasteiger partial charge in [-0.2, -0.15) is 0 Å². The third-order valence-corrected chi connectivity index (χ3v) is 7.40. The number of aromatic amines is 1.